The normalized spacial score (nSPS) is 10.8. The van der Waals surface area contributed by atoms with E-state index in [0.717, 1.165) is 12.1 Å². The second kappa shape index (κ2) is 9.16. The van der Waals surface area contributed by atoms with Crippen LogP contribution in [0, 0.1) is 0 Å². The van der Waals surface area contributed by atoms with Gasteiger partial charge in [0, 0.05) is 17.4 Å². The third kappa shape index (κ3) is 6.20. The maximum atomic E-state index is 12.4. The van der Waals surface area contributed by atoms with Crippen molar-refractivity contribution < 1.29 is 37.0 Å². The number of methoxy groups -OCH3 is 1. The maximum Gasteiger partial charge on any atom is 0.573 e. The van der Waals surface area contributed by atoms with Crippen molar-refractivity contribution in [2.45, 2.75) is 6.36 Å². The first-order valence-electron chi connectivity index (χ1n) is 8.73. The largest absolute Gasteiger partial charge is 0.573 e. The number of nitrogens with zero attached hydrogens (tertiary/aromatic N) is 1. The van der Waals surface area contributed by atoms with Gasteiger partial charge in [0.1, 0.15) is 22.9 Å². The first-order valence-corrected chi connectivity index (χ1v) is 8.73. The predicted molar refractivity (Wildman–Crippen MR) is 103 cm³/mol. The molecule has 3 rings (SSSR count). The molecule has 160 valence electrons. The Kier molecular flexibility index (Phi) is 6.39. The van der Waals surface area contributed by atoms with Gasteiger partial charge in [-0.25, -0.2) is 9.78 Å². The minimum atomic E-state index is -4.77. The molecule has 0 atom stereocenters. The van der Waals surface area contributed by atoms with Crippen molar-refractivity contribution in [2.24, 2.45) is 0 Å². The summed E-state index contributed by atoms with van der Waals surface area (Å²) < 4.78 is 50.5. The highest BCUT2D eigenvalue weighted by Crippen LogP contribution is 2.27. The molecule has 0 saturated carbocycles. The number of benzene rings is 2. The Balaban J connectivity index is 1.62. The summed E-state index contributed by atoms with van der Waals surface area (Å²) in [5.41, 5.74) is 0.732. The lowest BCUT2D eigenvalue weighted by molar-refractivity contribution is -0.274. The molecule has 7 nitrogen and oxygen atoms in total. The molecule has 1 N–H and O–H groups in total. The van der Waals surface area contributed by atoms with Gasteiger partial charge in [-0.3, -0.25) is 4.79 Å². The molecule has 0 aliphatic rings. The second-order valence-electron chi connectivity index (χ2n) is 6.02. The van der Waals surface area contributed by atoms with Crippen LogP contribution in [0.2, 0.25) is 0 Å². The number of carbonyl (C=O) groups excluding carboxylic acids is 2. The van der Waals surface area contributed by atoms with Gasteiger partial charge >= 0.3 is 12.3 Å². The van der Waals surface area contributed by atoms with Crippen LogP contribution in [-0.4, -0.2) is 30.3 Å². The van der Waals surface area contributed by atoms with E-state index >= 15 is 0 Å². The van der Waals surface area contributed by atoms with Crippen molar-refractivity contribution in [3.63, 3.8) is 0 Å². The monoisotopic (exact) mass is 432 g/mol. The zero-order valence-corrected chi connectivity index (χ0v) is 16.0. The summed E-state index contributed by atoms with van der Waals surface area (Å²) in [4.78, 5) is 27.8. The Morgan fingerprint density at radius 1 is 0.903 bits per heavy atom. The Hall–Kier alpha value is -4.08. The summed E-state index contributed by atoms with van der Waals surface area (Å²) in [5.74, 6) is -0.757. The topological polar surface area (TPSA) is 86.8 Å². The molecule has 0 aliphatic heterocycles. The number of hydrogen-bond donors (Lipinski definition) is 1. The summed E-state index contributed by atoms with van der Waals surface area (Å²) in [5, 5.41) is 2.64. The number of alkyl halides is 3. The van der Waals surface area contributed by atoms with Gasteiger partial charge in [0.05, 0.1) is 7.11 Å². The van der Waals surface area contributed by atoms with Crippen LogP contribution in [0.25, 0.3) is 0 Å². The van der Waals surface area contributed by atoms with Gasteiger partial charge in [-0.15, -0.1) is 13.2 Å². The Labute approximate surface area is 174 Å². The molecule has 0 fully saturated rings. The summed E-state index contributed by atoms with van der Waals surface area (Å²) in [6, 6.07) is 13.9. The van der Waals surface area contributed by atoms with Gasteiger partial charge in [-0.2, -0.15) is 0 Å². The average Bonchev–Trinajstić information content (AvgIpc) is 2.74. The number of anilines is 1. The van der Waals surface area contributed by atoms with Crippen molar-refractivity contribution in [2.75, 3.05) is 12.4 Å². The van der Waals surface area contributed by atoms with E-state index in [0.29, 0.717) is 22.7 Å². The van der Waals surface area contributed by atoms with Crippen LogP contribution in [0.15, 0.2) is 66.9 Å². The van der Waals surface area contributed by atoms with E-state index in [1.807, 2.05) is 0 Å². The van der Waals surface area contributed by atoms with Crippen LogP contribution in [0.1, 0.15) is 20.8 Å². The number of rotatable bonds is 6. The first kappa shape index (κ1) is 21.6. The van der Waals surface area contributed by atoms with E-state index < -0.39 is 18.2 Å². The molecule has 0 saturated heterocycles. The number of nitrogens with one attached hydrogen (secondary N) is 1. The fourth-order valence-electron chi connectivity index (χ4n) is 2.45. The fourth-order valence-corrected chi connectivity index (χ4v) is 2.45. The minimum absolute atomic E-state index is 0.0516. The van der Waals surface area contributed by atoms with E-state index in [4.69, 9.17) is 4.74 Å². The van der Waals surface area contributed by atoms with Crippen molar-refractivity contribution >= 4 is 17.6 Å². The predicted octanol–water partition coefficient (Wildman–Crippen LogP) is 4.81. The molecular formula is C21H15F3N2O5. The molecule has 0 aliphatic carbocycles. The number of aromatic nitrogens is 1. The van der Waals surface area contributed by atoms with Gasteiger partial charge in [0.2, 0.25) is 0 Å². The molecule has 0 unspecified atom stereocenters. The van der Waals surface area contributed by atoms with Gasteiger partial charge < -0.3 is 19.5 Å². The third-order valence-corrected chi connectivity index (χ3v) is 3.82. The molecule has 10 heteroatoms. The number of pyridine rings is 1. The van der Waals surface area contributed by atoms with Crippen molar-refractivity contribution in [3.05, 3.63) is 78.1 Å². The van der Waals surface area contributed by atoms with E-state index in [9.17, 15) is 22.8 Å². The molecule has 2 aromatic carbocycles. The van der Waals surface area contributed by atoms with Crippen LogP contribution in [0.3, 0.4) is 0 Å². The van der Waals surface area contributed by atoms with Crippen molar-refractivity contribution in [3.8, 4) is 17.2 Å². The summed E-state index contributed by atoms with van der Waals surface area (Å²) >= 11 is 0. The standard InChI is InChI=1S/C21H15F3N2O5/c1-29-20(28)18-12-14(10-11-25-18)26-19(27)13-2-4-15(5-3-13)30-16-6-8-17(9-7-16)31-21(22,23)24/h2-12H,1H3,(H,25,26,27). The zero-order valence-electron chi connectivity index (χ0n) is 16.0. The summed E-state index contributed by atoms with van der Waals surface area (Å²) in [6.45, 7) is 0. The molecule has 0 bridgehead atoms. The first-order chi connectivity index (χ1) is 14.7. The van der Waals surface area contributed by atoms with E-state index in [1.165, 1.54) is 61.8 Å². The van der Waals surface area contributed by atoms with Crippen LogP contribution in [0.4, 0.5) is 18.9 Å². The highest BCUT2D eigenvalue weighted by Gasteiger charge is 2.31. The van der Waals surface area contributed by atoms with Crippen molar-refractivity contribution in [1.82, 2.24) is 4.98 Å². The van der Waals surface area contributed by atoms with Gasteiger partial charge in [0.25, 0.3) is 5.91 Å². The van der Waals surface area contributed by atoms with E-state index in [-0.39, 0.29) is 11.4 Å². The van der Waals surface area contributed by atoms with Gasteiger partial charge in [-0.05, 0) is 60.7 Å². The SMILES string of the molecule is COC(=O)c1cc(NC(=O)c2ccc(Oc3ccc(OC(F)(F)F)cc3)cc2)ccn1. The molecular weight excluding hydrogens is 417 g/mol. The van der Waals surface area contributed by atoms with E-state index in [1.54, 1.807) is 0 Å². The quantitative estimate of drug-likeness (QED) is 0.563. The summed E-state index contributed by atoms with van der Waals surface area (Å²) in [6.07, 6.45) is -3.40. The lowest BCUT2D eigenvalue weighted by Gasteiger charge is -2.10. The van der Waals surface area contributed by atoms with Gasteiger partial charge in [0.15, 0.2) is 0 Å². The van der Waals surface area contributed by atoms with Crippen LogP contribution < -0.4 is 14.8 Å². The number of halogens is 3. The molecule has 0 radical (unpaired) electrons. The fraction of sp³-hybridized carbons (Fsp3) is 0.0952. The van der Waals surface area contributed by atoms with Crippen LogP contribution in [0.5, 0.6) is 17.2 Å². The number of amides is 1. The second-order valence-corrected chi connectivity index (χ2v) is 6.02. The van der Waals surface area contributed by atoms with Crippen LogP contribution in [-0.2, 0) is 4.74 Å². The highest BCUT2D eigenvalue weighted by molar-refractivity contribution is 6.04. The van der Waals surface area contributed by atoms with Gasteiger partial charge in [-0.1, -0.05) is 0 Å². The van der Waals surface area contributed by atoms with E-state index in [2.05, 4.69) is 19.8 Å². The molecule has 3 aromatic rings. The molecule has 1 heterocycles. The maximum absolute atomic E-state index is 12.4. The molecule has 0 spiro atoms. The van der Waals surface area contributed by atoms with Crippen molar-refractivity contribution in [1.29, 1.82) is 0 Å². The minimum Gasteiger partial charge on any atom is -0.464 e. The number of ether oxygens (including phenoxy) is 3. The number of hydrogen-bond acceptors (Lipinski definition) is 6. The Bertz CT molecular complexity index is 1070. The molecule has 1 aromatic heterocycles. The number of carbonyl (C=O) groups is 2. The third-order valence-electron chi connectivity index (χ3n) is 3.82. The highest BCUT2D eigenvalue weighted by atomic mass is 19.4. The molecule has 1 amide bonds. The average molecular weight is 432 g/mol. The summed E-state index contributed by atoms with van der Waals surface area (Å²) in [7, 11) is 1.23. The number of esters is 1. The van der Waals surface area contributed by atoms with Crippen LogP contribution >= 0.6 is 0 Å². The molecule has 31 heavy (non-hydrogen) atoms. The Morgan fingerprint density at radius 2 is 1.48 bits per heavy atom. The Morgan fingerprint density at radius 3 is 2.06 bits per heavy atom. The zero-order chi connectivity index (χ0) is 22.4. The lowest BCUT2D eigenvalue weighted by Crippen LogP contribution is -2.16. The lowest BCUT2D eigenvalue weighted by atomic mass is 10.2. The smallest absolute Gasteiger partial charge is 0.464 e.